The van der Waals surface area contributed by atoms with Gasteiger partial charge in [-0.05, 0) is 31.9 Å². The molecule has 1 aromatic carbocycles. The van der Waals surface area contributed by atoms with Crippen molar-refractivity contribution in [3.05, 3.63) is 24.3 Å². The van der Waals surface area contributed by atoms with Crippen LogP contribution in [0.1, 0.15) is 26.2 Å². The smallest absolute Gasteiger partial charge is 0.326 e. The second-order valence-corrected chi connectivity index (χ2v) is 6.05. The maximum Gasteiger partial charge on any atom is 0.326 e. The topological polar surface area (TPSA) is 87.2 Å². The molecule has 0 aromatic heterocycles. The van der Waals surface area contributed by atoms with Gasteiger partial charge in [0.2, 0.25) is 5.91 Å². The van der Waals surface area contributed by atoms with Crippen molar-refractivity contribution in [1.82, 2.24) is 4.90 Å². The normalized spacial score (nSPS) is 23.0. The molecule has 7 heteroatoms. The quantitative estimate of drug-likeness (QED) is 0.897. The van der Waals surface area contributed by atoms with Gasteiger partial charge in [0.1, 0.15) is 11.8 Å². The number of rotatable bonds is 4. The highest BCUT2D eigenvalue weighted by molar-refractivity contribution is 6.00. The van der Waals surface area contributed by atoms with Crippen molar-refractivity contribution in [2.75, 3.05) is 18.0 Å². The van der Waals surface area contributed by atoms with E-state index in [4.69, 9.17) is 4.74 Å². The second-order valence-electron chi connectivity index (χ2n) is 6.05. The average molecular weight is 332 g/mol. The number of fused-ring (bicyclic) bond motifs is 1. The summed E-state index contributed by atoms with van der Waals surface area (Å²) >= 11 is 0. The van der Waals surface area contributed by atoms with E-state index < -0.39 is 18.1 Å². The van der Waals surface area contributed by atoms with Crippen molar-refractivity contribution in [2.45, 2.75) is 38.3 Å². The summed E-state index contributed by atoms with van der Waals surface area (Å²) in [7, 11) is 0. The molecule has 2 heterocycles. The molecule has 0 saturated carbocycles. The van der Waals surface area contributed by atoms with Crippen LogP contribution in [0.4, 0.5) is 5.69 Å². The van der Waals surface area contributed by atoms with E-state index in [1.165, 1.54) is 4.90 Å². The van der Waals surface area contributed by atoms with E-state index in [2.05, 4.69) is 0 Å². The minimum absolute atomic E-state index is 0.0938. The molecule has 1 N–H and O–H groups in total. The number of amides is 2. The van der Waals surface area contributed by atoms with Crippen molar-refractivity contribution in [1.29, 1.82) is 0 Å². The number of aliphatic carboxylic acids is 1. The molecule has 1 saturated heterocycles. The number of ether oxygens (including phenoxy) is 1. The Morgan fingerprint density at radius 3 is 2.83 bits per heavy atom. The van der Waals surface area contributed by atoms with E-state index in [1.807, 2.05) is 6.07 Å². The lowest BCUT2D eigenvalue weighted by atomic mass is 10.1. The first-order chi connectivity index (χ1) is 11.5. The van der Waals surface area contributed by atoms with Gasteiger partial charge in [-0.3, -0.25) is 9.59 Å². The van der Waals surface area contributed by atoms with E-state index in [1.54, 1.807) is 30.0 Å². The molecule has 0 bridgehead atoms. The van der Waals surface area contributed by atoms with Crippen LogP contribution in [-0.4, -0.2) is 53.0 Å². The van der Waals surface area contributed by atoms with Crippen molar-refractivity contribution in [3.8, 4) is 5.75 Å². The highest BCUT2D eigenvalue weighted by Crippen LogP contribution is 2.33. The molecule has 1 unspecified atom stereocenters. The summed E-state index contributed by atoms with van der Waals surface area (Å²) in [4.78, 5) is 38.9. The molecule has 3 rings (SSSR count). The predicted molar refractivity (Wildman–Crippen MR) is 85.9 cm³/mol. The number of likely N-dealkylation sites (tertiary alicyclic amines) is 1. The lowest BCUT2D eigenvalue weighted by Crippen LogP contribution is -2.47. The van der Waals surface area contributed by atoms with E-state index in [0.717, 1.165) is 0 Å². The van der Waals surface area contributed by atoms with Gasteiger partial charge < -0.3 is 19.6 Å². The summed E-state index contributed by atoms with van der Waals surface area (Å²) in [5.74, 6) is -0.786. The number of para-hydroxylation sites is 2. The van der Waals surface area contributed by atoms with Gasteiger partial charge in [-0.2, -0.15) is 0 Å². The third kappa shape index (κ3) is 2.93. The third-order valence-corrected chi connectivity index (χ3v) is 4.48. The highest BCUT2D eigenvalue weighted by atomic mass is 16.5. The number of anilines is 1. The number of hydrogen-bond donors (Lipinski definition) is 1. The summed E-state index contributed by atoms with van der Waals surface area (Å²) in [6.07, 6.45) is 0.668. The van der Waals surface area contributed by atoms with Crippen LogP contribution in [0.15, 0.2) is 24.3 Å². The zero-order valence-electron chi connectivity index (χ0n) is 13.5. The largest absolute Gasteiger partial charge is 0.480 e. The van der Waals surface area contributed by atoms with Crippen molar-refractivity contribution >= 4 is 23.5 Å². The van der Waals surface area contributed by atoms with E-state index in [-0.39, 0.29) is 24.8 Å². The fraction of sp³-hybridized carbons (Fsp3) is 0.471. The molecule has 7 nitrogen and oxygen atoms in total. The van der Waals surface area contributed by atoms with Gasteiger partial charge in [-0.15, -0.1) is 0 Å². The number of carboxylic acids is 1. The van der Waals surface area contributed by atoms with Crippen LogP contribution in [-0.2, 0) is 14.4 Å². The third-order valence-electron chi connectivity index (χ3n) is 4.48. The maximum atomic E-state index is 12.4. The minimum atomic E-state index is -0.970. The van der Waals surface area contributed by atoms with Gasteiger partial charge in [-0.25, -0.2) is 4.79 Å². The fourth-order valence-electron chi connectivity index (χ4n) is 3.26. The molecular weight excluding hydrogens is 312 g/mol. The zero-order valence-corrected chi connectivity index (χ0v) is 13.5. The Labute approximate surface area is 139 Å². The average Bonchev–Trinajstić information content (AvgIpc) is 3.05. The number of carbonyl (C=O) groups excluding carboxylic acids is 2. The van der Waals surface area contributed by atoms with E-state index in [0.29, 0.717) is 30.8 Å². The van der Waals surface area contributed by atoms with Gasteiger partial charge in [0.05, 0.1) is 5.69 Å². The van der Waals surface area contributed by atoms with Crippen molar-refractivity contribution < 1.29 is 24.2 Å². The molecular formula is C17H20N2O5. The standard InChI is InChI=1S/C17H20N2O5/c1-11-16(21)19(12-5-2-3-7-14(12)24-11)10-8-15(20)18-9-4-6-13(18)17(22)23/h2-3,5,7,11,13H,4,6,8-10H2,1H3,(H,22,23)/t11?,13-/m1/s1. The highest BCUT2D eigenvalue weighted by Gasteiger charge is 2.35. The molecule has 1 aromatic rings. The SMILES string of the molecule is CC1Oc2ccccc2N(CCC(=O)N2CCC[C@@H]2C(=O)O)C1=O. The van der Waals surface area contributed by atoms with Crippen LogP contribution in [0, 0.1) is 0 Å². The predicted octanol–water partition coefficient (Wildman–Crippen LogP) is 1.27. The number of benzene rings is 1. The maximum absolute atomic E-state index is 12.4. The van der Waals surface area contributed by atoms with Crippen LogP contribution in [0.5, 0.6) is 5.75 Å². The summed E-state index contributed by atoms with van der Waals surface area (Å²) in [6, 6.07) is 6.45. The Bertz CT molecular complexity index is 675. The molecule has 0 aliphatic carbocycles. The number of carboxylic acid groups (broad SMARTS) is 1. The van der Waals surface area contributed by atoms with Crippen LogP contribution >= 0.6 is 0 Å². The van der Waals surface area contributed by atoms with Gasteiger partial charge in [0.15, 0.2) is 6.10 Å². The van der Waals surface area contributed by atoms with Gasteiger partial charge in [0.25, 0.3) is 5.91 Å². The lowest BCUT2D eigenvalue weighted by molar-refractivity contribution is -0.148. The van der Waals surface area contributed by atoms with Crippen LogP contribution in [0.3, 0.4) is 0 Å². The monoisotopic (exact) mass is 332 g/mol. The molecule has 2 amide bonds. The summed E-state index contributed by atoms with van der Waals surface area (Å²) in [5.41, 5.74) is 0.643. The number of carbonyl (C=O) groups is 3. The molecule has 128 valence electrons. The molecule has 2 aliphatic rings. The first-order valence-corrected chi connectivity index (χ1v) is 8.08. The Kier molecular flexibility index (Phi) is 4.42. The zero-order chi connectivity index (χ0) is 17.3. The first-order valence-electron chi connectivity index (χ1n) is 8.08. The number of hydrogen-bond acceptors (Lipinski definition) is 4. The lowest BCUT2D eigenvalue weighted by Gasteiger charge is -2.33. The Hall–Kier alpha value is -2.57. The van der Waals surface area contributed by atoms with Gasteiger partial charge >= 0.3 is 5.97 Å². The minimum Gasteiger partial charge on any atom is -0.480 e. The fourth-order valence-corrected chi connectivity index (χ4v) is 3.26. The van der Waals surface area contributed by atoms with Crippen LogP contribution in [0.25, 0.3) is 0 Å². The van der Waals surface area contributed by atoms with E-state index in [9.17, 15) is 19.5 Å². The molecule has 24 heavy (non-hydrogen) atoms. The Balaban J connectivity index is 1.71. The van der Waals surface area contributed by atoms with Crippen LogP contribution in [0.2, 0.25) is 0 Å². The molecule has 2 aliphatic heterocycles. The Morgan fingerprint density at radius 2 is 2.08 bits per heavy atom. The molecule has 0 radical (unpaired) electrons. The Morgan fingerprint density at radius 1 is 1.33 bits per heavy atom. The van der Waals surface area contributed by atoms with Gasteiger partial charge in [0, 0.05) is 19.5 Å². The van der Waals surface area contributed by atoms with Gasteiger partial charge in [-0.1, -0.05) is 12.1 Å². The summed E-state index contributed by atoms with van der Waals surface area (Å²) < 4.78 is 5.57. The molecule has 1 fully saturated rings. The molecule has 2 atom stereocenters. The second kappa shape index (κ2) is 6.51. The van der Waals surface area contributed by atoms with Crippen LogP contribution < -0.4 is 9.64 Å². The first kappa shape index (κ1) is 16.3. The van der Waals surface area contributed by atoms with Crippen molar-refractivity contribution in [3.63, 3.8) is 0 Å². The summed E-state index contributed by atoms with van der Waals surface area (Å²) in [5, 5.41) is 9.18. The van der Waals surface area contributed by atoms with E-state index >= 15 is 0 Å². The number of nitrogens with zero attached hydrogens (tertiary/aromatic N) is 2. The van der Waals surface area contributed by atoms with Crippen molar-refractivity contribution in [2.24, 2.45) is 0 Å². The molecule has 0 spiro atoms. The summed E-state index contributed by atoms with van der Waals surface area (Å²) in [6.45, 7) is 2.35.